The number of hydrogen-bond donors (Lipinski definition) is 0. The number of rotatable bonds is 2. The highest BCUT2D eigenvalue weighted by Crippen LogP contribution is 2.30. The lowest BCUT2D eigenvalue weighted by Crippen LogP contribution is -2.26. The average Bonchev–Trinajstić information content (AvgIpc) is 2.97. The monoisotopic (exact) mass is 283 g/mol. The summed E-state index contributed by atoms with van der Waals surface area (Å²) >= 11 is 1.36. The maximum Gasteiger partial charge on any atom is 0.267 e. The number of anilines is 1. The smallest absolute Gasteiger partial charge is 0.267 e. The van der Waals surface area contributed by atoms with Crippen LogP contribution < -0.4 is 4.90 Å². The lowest BCUT2D eigenvalue weighted by molar-refractivity contribution is 0.0256. The molecule has 1 saturated heterocycles. The normalized spacial score (nSPS) is 17.9. The molecule has 3 heterocycles. The Kier molecular flexibility index (Phi) is 2.89. The summed E-state index contributed by atoms with van der Waals surface area (Å²) in [4.78, 5) is 10.1. The van der Waals surface area contributed by atoms with Gasteiger partial charge >= 0.3 is 0 Å². The number of hydrogen-bond acceptors (Lipinski definition) is 6. The van der Waals surface area contributed by atoms with Gasteiger partial charge in [0.25, 0.3) is 5.92 Å². The molecule has 0 radical (unpaired) electrons. The van der Waals surface area contributed by atoms with E-state index >= 15 is 0 Å². The third-order valence-electron chi connectivity index (χ3n) is 2.87. The van der Waals surface area contributed by atoms with Crippen LogP contribution >= 0.6 is 11.3 Å². The molecule has 1 aliphatic rings. The minimum absolute atomic E-state index is 0.154. The third kappa shape index (κ3) is 2.53. The van der Waals surface area contributed by atoms with Crippen LogP contribution in [0.25, 0.3) is 10.7 Å². The van der Waals surface area contributed by atoms with Gasteiger partial charge in [-0.3, -0.25) is 0 Å². The van der Waals surface area contributed by atoms with Crippen molar-refractivity contribution in [3.8, 4) is 10.7 Å². The molecule has 1 fully saturated rings. The van der Waals surface area contributed by atoms with Crippen LogP contribution in [0.5, 0.6) is 0 Å². The second kappa shape index (κ2) is 4.44. The fourth-order valence-corrected chi connectivity index (χ4v) is 2.51. The Labute approximate surface area is 112 Å². The lowest BCUT2D eigenvalue weighted by atomic mass is 10.3. The number of nitrogens with zero attached hydrogens (tertiary/aromatic N) is 5. The van der Waals surface area contributed by atoms with Crippen LogP contribution in [0.2, 0.25) is 0 Å². The van der Waals surface area contributed by atoms with Crippen LogP contribution in [0.3, 0.4) is 0 Å². The molecule has 100 valence electrons. The minimum atomic E-state index is -2.66. The van der Waals surface area contributed by atoms with E-state index < -0.39 is 5.92 Å². The van der Waals surface area contributed by atoms with Gasteiger partial charge in [-0.25, -0.2) is 18.7 Å². The number of aromatic nitrogens is 4. The van der Waals surface area contributed by atoms with E-state index in [4.69, 9.17) is 0 Å². The van der Waals surface area contributed by atoms with Crippen LogP contribution in [0.1, 0.15) is 12.1 Å². The molecule has 1 aliphatic heterocycles. The lowest BCUT2D eigenvalue weighted by Gasteiger charge is -2.16. The van der Waals surface area contributed by atoms with Gasteiger partial charge in [0.15, 0.2) is 5.01 Å². The molecular weight excluding hydrogens is 272 g/mol. The predicted molar refractivity (Wildman–Crippen MR) is 67.4 cm³/mol. The van der Waals surface area contributed by atoms with E-state index in [9.17, 15) is 8.78 Å². The van der Waals surface area contributed by atoms with Crippen LogP contribution in [0, 0.1) is 6.92 Å². The molecule has 5 nitrogen and oxygen atoms in total. The molecule has 2 aromatic heterocycles. The van der Waals surface area contributed by atoms with Crippen LogP contribution in [0.4, 0.5) is 14.7 Å². The first-order valence-corrected chi connectivity index (χ1v) is 6.66. The van der Waals surface area contributed by atoms with Crippen LogP contribution in [-0.4, -0.2) is 39.2 Å². The summed E-state index contributed by atoms with van der Waals surface area (Å²) in [6.07, 6.45) is -0.154. The predicted octanol–water partition coefficient (Wildman–Crippen LogP) is 2.15. The van der Waals surface area contributed by atoms with E-state index in [0.29, 0.717) is 16.6 Å². The van der Waals surface area contributed by atoms with Crippen molar-refractivity contribution in [2.24, 2.45) is 0 Å². The highest BCUT2D eigenvalue weighted by atomic mass is 32.1. The Morgan fingerprint density at radius 3 is 2.84 bits per heavy atom. The van der Waals surface area contributed by atoms with E-state index in [1.54, 1.807) is 11.6 Å². The quantitative estimate of drug-likeness (QED) is 0.845. The van der Waals surface area contributed by atoms with Crippen LogP contribution in [0.15, 0.2) is 11.6 Å². The Morgan fingerprint density at radius 2 is 2.21 bits per heavy atom. The third-order valence-corrected chi connectivity index (χ3v) is 3.59. The van der Waals surface area contributed by atoms with Crippen molar-refractivity contribution in [3.63, 3.8) is 0 Å². The van der Waals surface area contributed by atoms with Gasteiger partial charge in [-0.05, 0) is 13.0 Å². The fourth-order valence-electron chi connectivity index (χ4n) is 2.00. The maximum atomic E-state index is 13.2. The Bertz CT molecular complexity index is 587. The molecular formula is C11H11F2N5S. The molecule has 8 heteroatoms. The van der Waals surface area contributed by atoms with Gasteiger partial charge in [0, 0.05) is 18.7 Å². The highest BCUT2D eigenvalue weighted by Gasteiger charge is 2.39. The summed E-state index contributed by atoms with van der Waals surface area (Å²) in [7, 11) is 0. The van der Waals surface area contributed by atoms with Gasteiger partial charge in [-0.1, -0.05) is 11.3 Å². The minimum Gasteiger partial charge on any atom is -0.335 e. The topological polar surface area (TPSA) is 54.8 Å². The number of halogens is 2. The highest BCUT2D eigenvalue weighted by molar-refractivity contribution is 7.12. The van der Waals surface area contributed by atoms with Crippen LogP contribution in [-0.2, 0) is 0 Å². The van der Waals surface area contributed by atoms with Gasteiger partial charge in [0.05, 0.1) is 6.54 Å². The zero-order chi connectivity index (χ0) is 13.5. The zero-order valence-corrected chi connectivity index (χ0v) is 11.0. The standard InChI is InChI=1S/C11H11F2N5S/c1-7-4-8(9-17-14-6-19-9)16-10(15-7)18-3-2-11(12,13)5-18/h4,6H,2-3,5H2,1H3. The first kappa shape index (κ1) is 12.3. The van der Waals surface area contributed by atoms with E-state index in [2.05, 4.69) is 20.2 Å². The summed E-state index contributed by atoms with van der Waals surface area (Å²) in [6.45, 7) is 1.75. The molecule has 2 aromatic rings. The molecule has 0 unspecified atom stereocenters. The molecule has 19 heavy (non-hydrogen) atoms. The van der Waals surface area contributed by atoms with Crippen molar-refractivity contribution in [3.05, 3.63) is 17.3 Å². The zero-order valence-electron chi connectivity index (χ0n) is 10.2. The molecule has 0 atom stereocenters. The van der Waals surface area contributed by atoms with Crippen molar-refractivity contribution >= 4 is 17.3 Å². The van der Waals surface area contributed by atoms with Gasteiger partial charge in [-0.2, -0.15) is 0 Å². The van der Waals surface area contributed by atoms with E-state index in [1.165, 1.54) is 16.2 Å². The Hall–Kier alpha value is -1.70. The first-order chi connectivity index (χ1) is 9.03. The number of alkyl halides is 2. The van der Waals surface area contributed by atoms with E-state index in [0.717, 1.165) is 5.69 Å². The molecule has 0 amide bonds. The summed E-state index contributed by atoms with van der Waals surface area (Å²) in [5.74, 6) is -2.32. The van der Waals surface area contributed by atoms with Crippen molar-refractivity contribution in [1.82, 2.24) is 20.2 Å². The molecule has 3 rings (SSSR count). The van der Waals surface area contributed by atoms with Gasteiger partial charge < -0.3 is 4.90 Å². The SMILES string of the molecule is Cc1cc(-c2nncs2)nc(N2CCC(F)(F)C2)n1. The van der Waals surface area contributed by atoms with Crippen molar-refractivity contribution in [2.45, 2.75) is 19.3 Å². The molecule has 0 spiro atoms. The first-order valence-electron chi connectivity index (χ1n) is 5.78. The second-order valence-electron chi connectivity index (χ2n) is 4.47. The molecule has 0 aromatic carbocycles. The van der Waals surface area contributed by atoms with Crippen molar-refractivity contribution in [2.75, 3.05) is 18.0 Å². The summed E-state index contributed by atoms with van der Waals surface area (Å²) in [5.41, 5.74) is 2.96. The maximum absolute atomic E-state index is 13.2. The van der Waals surface area contributed by atoms with Crippen molar-refractivity contribution in [1.29, 1.82) is 0 Å². The Balaban J connectivity index is 1.95. The van der Waals surface area contributed by atoms with E-state index in [1.807, 2.05) is 6.92 Å². The van der Waals surface area contributed by atoms with Gasteiger partial charge in [-0.15, -0.1) is 10.2 Å². The second-order valence-corrected chi connectivity index (χ2v) is 5.30. The molecule has 0 saturated carbocycles. The number of aryl methyl sites for hydroxylation is 1. The molecule has 0 bridgehead atoms. The largest absolute Gasteiger partial charge is 0.335 e. The molecule has 0 N–H and O–H groups in total. The fraction of sp³-hybridized carbons (Fsp3) is 0.455. The van der Waals surface area contributed by atoms with Gasteiger partial charge in [0.1, 0.15) is 11.2 Å². The summed E-state index contributed by atoms with van der Waals surface area (Å²) < 4.78 is 26.5. The average molecular weight is 283 g/mol. The summed E-state index contributed by atoms with van der Waals surface area (Å²) in [5, 5.41) is 8.35. The molecule has 0 aliphatic carbocycles. The Morgan fingerprint density at radius 1 is 1.37 bits per heavy atom. The van der Waals surface area contributed by atoms with Crippen molar-refractivity contribution < 1.29 is 8.78 Å². The summed E-state index contributed by atoms with van der Waals surface area (Å²) in [6, 6.07) is 1.78. The van der Waals surface area contributed by atoms with E-state index in [-0.39, 0.29) is 19.5 Å². The van der Waals surface area contributed by atoms with Gasteiger partial charge in [0.2, 0.25) is 5.95 Å².